The highest BCUT2D eigenvalue weighted by Crippen LogP contribution is 2.32. The van der Waals surface area contributed by atoms with Crippen molar-refractivity contribution >= 4 is 23.1 Å². The molecule has 0 radical (unpaired) electrons. The van der Waals surface area contributed by atoms with E-state index in [2.05, 4.69) is 5.32 Å². The Morgan fingerprint density at radius 1 is 1.41 bits per heavy atom. The minimum absolute atomic E-state index is 0.0363. The van der Waals surface area contributed by atoms with Gasteiger partial charge in [-0.1, -0.05) is 42.5 Å². The van der Waals surface area contributed by atoms with E-state index in [1.165, 1.54) is 0 Å². The SMILES string of the molecule is NC(=S)C(NC(=O)CC1CC1)c1ccccc1. The van der Waals surface area contributed by atoms with E-state index < -0.39 is 0 Å². The van der Waals surface area contributed by atoms with Crippen molar-refractivity contribution in [2.45, 2.75) is 25.3 Å². The Balaban J connectivity index is 2.02. The van der Waals surface area contributed by atoms with Crippen LogP contribution >= 0.6 is 12.2 Å². The lowest BCUT2D eigenvalue weighted by Gasteiger charge is -2.17. The van der Waals surface area contributed by atoms with Gasteiger partial charge >= 0.3 is 0 Å². The number of benzene rings is 1. The van der Waals surface area contributed by atoms with Gasteiger partial charge in [-0.15, -0.1) is 0 Å². The van der Waals surface area contributed by atoms with E-state index in [0.29, 0.717) is 17.3 Å². The van der Waals surface area contributed by atoms with Crippen LogP contribution in [0.5, 0.6) is 0 Å². The zero-order valence-electron chi connectivity index (χ0n) is 9.56. The van der Waals surface area contributed by atoms with Crippen LogP contribution in [-0.4, -0.2) is 10.9 Å². The number of amides is 1. The predicted octanol–water partition coefficient (Wildman–Crippen LogP) is 1.93. The molecule has 17 heavy (non-hydrogen) atoms. The van der Waals surface area contributed by atoms with E-state index in [4.69, 9.17) is 18.0 Å². The van der Waals surface area contributed by atoms with Gasteiger partial charge in [0.15, 0.2) is 0 Å². The number of nitrogens with two attached hydrogens (primary N) is 1. The molecule has 1 amide bonds. The summed E-state index contributed by atoms with van der Waals surface area (Å²) in [6.07, 6.45) is 2.92. The van der Waals surface area contributed by atoms with Crippen molar-refractivity contribution in [1.29, 1.82) is 0 Å². The summed E-state index contributed by atoms with van der Waals surface area (Å²) < 4.78 is 0. The zero-order chi connectivity index (χ0) is 12.3. The normalized spacial score (nSPS) is 16.2. The van der Waals surface area contributed by atoms with Crippen LogP contribution < -0.4 is 11.1 Å². The molecule has 0 bridgehead atoms. The van der Waals surface area contributed by atoms with Crippen molar-refractivity contribution in [3.63, 3.8) is 0 Å². The van der Waals surface area contributed by atoms with Gasteiger partial charge in [0.2, 0.25) is 5.91 Å². The van der Waals surface area contributed by atoms with Crippen LogP contribution in [0.15, 0.2) is 30.3 Å². The Bertz CT molecular complexity index is 415. The van der Waals surface area contributed by atoms with E-state index in [0.717, 1.165) is 18.4 Å². The van der Waals surface area contributed by atoms with E-state index in [1.54, 1.807) is 0 Å². The molecule has 3 nitrogen and oxygen atoms in total. The molecule has 2 rings (SSSR count). The van der Waals surface area contributed by atoms with Gasteiger partial charge in [-0.05, 0) is 24.3 Å². The van der Waals surface area contributed by atoms with Gasteiger partial charge in [0.05, 0.1) is 0 Å². The fourth-order valence-electron chi connectivity index (χ4n) is 1.77. The van der Waals surface area contributed by atoms with Crippen LogP contribution in [0.4, 0.5) is 0 Å². The van der Waals surface area contributed by atoms with Crippen molar-refractivity contribution in [1.82, 2.24) is 5.32 Å². The third kappa shape index (κ3) is 3.53. The fourth-order valence-corrected chi connectivity index (χ4v) is 1.96. The number of rotatable bonds is 5. The summed E-state index contributed by atoms with van der Waals surface area (Å²) >= 11 is 5.01. The van der Waals surface area contributed by atoms with Crippen LogP contribution in [0.25, 0.3) is 0 Å². The maximum atomic E-state index is 11.8. The van der Waals surface area contributed by atoms with Gasteiger partial charge in [-0.25, -0.2) is 0 Å². The lowest BCUT2D eigenvalue weighted by atomic mass is 10.1. The summed E-state index contributed by atoms with van der Waals surface area (Å²) in [7, 11) is 0. The van der Waals surface area contributed by atoms with Crippen LogP contribution in [0.3, 0.4) is 0 Å². The Morgan fingerprint density at radius 2 is 2.06 bits per heavy atom. The highest BCUT2D eigenvalue weighted by molar-refractivity contribution is 7.80. The molecule has 1 aliphatic rings. The van der Waals surface area contributed by atoms with E-state index in [9.17, 15) is 4.79 Å². The van der Waals surface area contributed by atoms with Gasteiger partial charge in [-0.2, -0.15) is 0 Å². The standard InChI is InChI=1S/C13H16N2OS/c14-13(17)12(10-4-2-1-3-5-10)15-11(16)8-9-6-7-9/h1-5,9,12H,6-8H2,(H2,14,17)(H,15,16). The maximum absolute atomic E-state index is 11.8. The lowest BCUT2D eigenvalue weighted by Crippen LogP contribution is -2.36. The van der Waals surface area contributed by atoms with Crippen molar-refractivity contribution < 1.29 is 4.79 Å². The third-order valence-corrected chi connectivity index (χ3v) is 3.13. The van der Waals surface area contributed by atoms with Crippen molar-refractivity contribution in [2.24, 2.45) is 11.7 Å². The smallest absolute Gasteiger partial charge is 0.221 e. The van der Waals surface area contributed by atoms with Crippen LogP contribution in [-0.2, 0) is 4.79 Å². The molecule has 0 aliphatic heterocycles. The second-order valence-corrected chi connectivity index (χ2v) is 4.93. The Kier molecular flexibility index (Phi) is 3.74. The monoisotopic (exact) mass is 248 g/mol. The zero-order valence-corrected chi connectivity index (χ0v) is 10.4. The summed E-state index contributed by atoms with van der Waals surface area (Å²) in [6.45, 7) is 0. The molecule has 90 valence electrons. The first-order valence-electron chi connectivity index (χ1n) is 5.80. The van der Waals surface area contributed by atoms with E-state index in [1.807, 2.05) is 30.3 Å². The topological polar surface area (TPSA) is 55.1 Å². The van der Waals surface area contributed by atoms with E-state index >= 15 is 0 Å². The van der Waals surface area contributed by atoms with Crippen molar-refractivity contribution in [3.05, 3.63) is 35.9 Å². The first-order valence-corrected chi connectivity index (χ1v) is 6.21. The molecule has 1 aliphatic carbocycles. The number of nitrogens with one attached hydrogen (secondary N) is 1. The Labute approximate surface area is 106 Å². The highest BCUT2D eigenvalue weighted by Gasteiger charge is 2.26. The summed E-state index contributed by atoms with van der Waals surface area (Å²) in [5.74, 6) is 0.604. The molecule has 1 aromatic carbocycles. The molecule has 1 unspecified atom stereocenters. The Hall–Kier alpha value is -1.42. The second kappa shape index (κ2) is 5.27. The maximum Gasteiger partial charge on any atom is 0.221 e. The predicted molar refractivity (Wildman–Crippen MR) is 71.5 cm³/mol. The van der Waals surface area contributed by atoms with Crippen LogP contribution in [0.2, 0.25) is 0 Å². The molecule has 4 heteroatoms. The van der Waals surface area contributed by atoms with Gasteiger partial charge in [0.25, 0.3) is 0 Å². The molecule has 1 atom stereocenters. The van der Waals surface area contributed by atoms with Crippen LogP contribution in [0, 0.1) is 5.92 Å². The first kappa shape index (κ1) is 12.0. The highest BCUT2D eigenvalue weighted by atomic mass is 32.1. The van der Waals surface area contributed by atoms with Gasteiger partial charge in [0, 0.05) is 6.42 Å². The summed E-state index contributed by atoms with van der Waals surface area (Å²) in [5, 5.41) is 2.90. The molecule has 0 saturated heterocycles. The fraction of sp³-hybridized carbons (Fsp3) is 0.385. The number of hydrogen-bond acceptors (Lipinski definition) is 2. The number of carbonyl (C=O) groups is 1. The number of thiocarbonyl (C=S) groups is 1. The quantitative estimate of drug-likeness (QED) is 0.783. The second-order valence-electron chi connectivity index (χ2n) is 4.46. The molecule has 1 fully saturated rings. The number of hydrogen-bond donors (Lipinski definition) is 2. The lowest BCUT2D eigenvalue weighted by molar-refractivity contribution is -0.121. The molecule has 0 heterocycles. The molecular formula is C13H16N2OS. The van der Waals surface area contributed by atoms with E-state index in [-0.39, 0.29) is 11.9 Å². The molecule has 3 N–H and O–H groups in total. The molecular weight excluding hydrogens is 232 g/mol. The molecule has 1 aromatic rings. The van der Waals surface area contributed by atoms with Gasteiger partial charge in [-0.3, -0.25) is 4.79 Å². The summed E-state index contributed by atoms with van der Waals surface area (Å²) in [4.78, 5) is 12.1. The first-order chi connectivity index (χ1) is 8.16. The van der Waals surface area contributed by atoms with Crippen molar-refractivity contribution in [2.75, 3.05) is 0 Å². The molecule has 0 aromatic heterocycles. The number of carbonyl (C=O) groups excluding carboxylic acids is 1. The van der Waals surface area contributed by atoms with Gasteiger partial charge in [0.1, 0.15) is 11.0 Å². The summed E-state index contributed by atoms with van der Waals surface area (Å²) in [5.41, 5.74) is 6.61. The minimum atomic E-state index is -0.350. The van der Waals surface area contributed by atoms with Crippen LogP contribution in [0.1, 0.15) is 30.9 Å². The minimum Gasteiger partial charge on any atom is -0.391 e. The molecule has 1 saturated carbocycles. The molecule has 0 spiro atoms. The van der Waals surface area contributed by atoms with Gasteiger partial charge < -0.3 is 11.1 Å². The Morgan fingerprint density at radius 3 is 2.59 bits per heavy atom. The summed E-state index contributed by atoms with van der Waals surface area (Å²) in [6, 6.07) is 9.23. The largest absolute Gasteiger partial charge is 0.391 e. The third-order valence-electron chi connectivity index (χ3n) is 2.89. The van der Waals surface area contributed by atoms with Crippen molar-refractivity contribution in [3.8, 4) is 0 Å². The average molecular weight is 248 g/mol. The average Bonchev–Trinajstić information content (AvgIpc) is 3.10.